The van der Waals surface area contributed by atoms with Crippen molar-refractivity contribution in [2.75, 3.05) is 13.7 Å². The Morgan fingerprint density at radius 3 is 2.61 bits per heavy atom. The fourth-order valence-electron chi connectivity index (χ4n) is 3.00. The van der Waals surface area contributed by atoms with Crippen LogP contribution in [-0.4, -0.2) is 29.6 Å². The molecule has 7 heteroatoms. The molecule has 0 aliphatic heterocycles. The largest absolute Gasteiger partial charge is 0.497 e. The molecule has 1 amide bonds. The van der Waals surface area contributed by atoms with Gasteiger partial charge in [0, 0.05) is 18.2 Å². The van der Waals surface area contributed by atoms with Crippen LogP contribution in [0.1, 0.15) is 28.4 Å². The Balaban J connectivity index is 1.65. The van der Waals surface area contributed by atoms with E-state index in [0.717, 1.165) is 10.8 Å². The Hall–Kier alpha value is -3.45. The number of fused-ring (bicyclic) bond motifs is 1. The molecule has 0 saturated heterocycles. The van der Waals surface area contributed by atoms with E-state index in [4.69, 9.17) is 4.74 Å². The van der Waals surface area contributed by atoms with Crippen molar-refractivity contribution in [1.82, 2.24) is 5.32 Å². The van der Waals surface area contributed by atoms with E-state index in [1.807, 2.05) is 30.3 Å². The minimum absolute atomic E-state index is 0.132. The second-order valence-electron chi connectivity index (χ2n) is 6.30. The second-order valence-corrected chi connectivity index (χ2v) is 6.30. The van der Waals surface area contributed by atoms with Gasteiger partial charge < -0.3 is 15.2 Å². The van der Waals surface area contributed by atoms with Gasteiger partial charge in [-0.3, -0.25) is 14.9 Å². The van der Waals surface area contributed by atoms with Crippen molar-refractivity contribution in [3.63, 3.8) is 0 Å². The summed E-state index contributed by atoms with van der Waals surface area (Å²) < 4.78 is 5.07. The first-order valence-corrected chi connectivity index (χ1v) is 8.77. The van der Waals surface area contributed by atoms with Gasteiger partial charge in [-0.25, -0.2) is 0 Å². The highest BCUT2D eigenvalue weighted by Crippen LogP contribution is 2.30. The standard InChI is InChI=1S/C21H20N2O5/c1-28-17-8-9-19(23(26)27)18(13-17)20(24)10-11-22-21(25)16-7-6-14-4-2-3-5-15(14)12-16/h2-9,12-13,20,24H,10-11H2,1H3,(H,22,25). The van der Waals surface area contributed by atoms with Gasteiger partial charge in [-0.1, -0.05) is 30.3 Å². The van der Waals surface area contributed by atoms with Crippen molar-refractivity contribution in [3.8, 4) is 5.75 Å². The lowest BCUT2D eigenvalue weighted by atomic mass is 10.0. The number of aliphatic hydroxyl groups excluding tert-OH is 1. The highest BCUT2D eigenvalue weighted by Gasteiger charge is 2.21. The minimum atomic E-state index is -1.10. The molecule has 1 atom stereocenters. The lowest BCUT2D eigenvalue weighted by molar-refractivity contribution is -0.386. The fraction of sp³-hybridized carbons (Fsp3) is 0.190. The number of rotatable bonds is 7. The number of aliphatic hydroxyl groups is 1. The zero-order chi connectivity index (χ0) is 20.1. The topological polar surface area (TPSA) is 102 Å². The molecule has 3 aromatic carbocycles. The molecule has 3 rings (SSSR count). The van der Waals surface area contributed by atoms with Gasteiger partial charge in [-0.15, -0.1) is 0 Å². The number of carbonyl (C=O) groups is 1. The smallest absolute Gasteiger partial charge is 0.275 e. The first-order valence-electron chi connectivity index (χ1n) is 8.77. The van der Waals surface area contributed by atoms with Gasteiger partial charge in [0.1, 0.15) is 5.75 Å². The average molecular weight is 380 g/mol. The molecule has 144 valence electrons. The number of nitrogens with one attached hydrogen (secondary N) is 1. The number of nitro benzene ring substituents is 1. The number of benzene rings is 3. The number of hydrogen-bond acceptors (Lipinski definition) is 5. The maximum Gasteiger partial charge on any atom is 0.275 e. The van der Waals surface area contributed by atoms with Crippen LogP contribution in [0.25, 0.3) is 10.8 Å². The van der Waals surface area contributed by atoms with Crippen LogP contribution >= 0.6 is 0 Å². The summed E-state index contributed by atoms with van der Waals surface area (Å²) in [7, 11) is 1.45. The molecule has 0 radical (unpaired) electrons. The van der Waals surface area contributed by atoms with Gasteiger partial charge >= 0.3 is 0 Å². The number of methoxy groups -OCH3 is 1. The van der Waals surface area contributed by atoms with Crippen LogP contribution in [0.15, 0.2) is 60.7 Å². The van der Waals surface area contributed by atoms with Crippen LogP contribution in [0.3, 0.4) is 0 Å². The van der Waals surface area contributed by atoms with E-state index in [1.165, 1.54) is 25.3 Å². The Kier molecular flexibility index (Phi) is 5.86. The fourth-order valence-corrected chi connectivity index (χ4v) is 3.00. The number of nitro groups is 1. The number of ether oxygens (including phenoxy) is 1. The zero-order valence-corrected chi connectivity index (χ0v) is 15.3. The van der Waals surface area contributed by atoms with Crippen molar-refractivity contribution in [2.24, 2.45) is 0 Å². The van der Waals surface area contributed by atoms with Crippen molar-refractivity contribution in [1.29, 1.82) is 0 Å². The van der Waals surface area contributed by atoms with Crippen molar-refractivity contribution < 1.29 is 19.6 Å². The number of amides is 1. The molecule has 7 nitrogen and oxygen atoms in total. The summed E-state index contributed by atoms with van der Waals surface area (Å²) in [6.07, 6.45) is -0.972. The average Bonchev–Trinajstić information content (AvgIpc) is 2.72. The molecule has 0 aromatic heterocycles. The summed E-state index contributed by atoms with van der Waals surface area (Å²) in [4.78, 5) is 23.0. The van der Waals surface area contributed by atoms with E-state index < -0.39 is 11.0 Å². The molecule has 0 aliphatic carbocycles. The second kappa shape index (κ2) is 8.49. The highest BCUT2D eigenvalue weighted by atomic mass is 16.6. The molecule has 0 bridgehead atoms. The summed E-state index contributed by atoms with van der Waals surface area (Å²) in [5.41, 5.74) is 0.485. The Labute approximate surface area is 161 Å². The quantitative estimate of drug-likeness (QED) is 0.482. The van der Waals surface area contributed by atoms with Crippen LogP contribution in [0, 0.1) is 10.1 Å². The van der Waals surface area contributed by atoms with E-state index in [1.54, 1.807) is 12.1 Å². The summed E-state index contributed by atoms with van der Waals surface area (Å²) in [5, 5.41) is 26.3. The summed E-state index contributed by atoms with van der Waals surface area (Å²) in [5.74, 6) is 0.151. The predicted molar refractivity (Wildman–Crippen MR) is 106 cm³/mol. The maximum absolute atomic E-state index is 12.4. The third-order valence-electron chi connectivity index (χ3n) is 4.51. The molecule has 0 aliphatic rings. The van der Waals surface area contributed by atoms with Gasteiger partial charge in [0.25, 0.3) is 11.6 Å². The van der Waals surface area contributed by atoms with Crippen LogP contribution in [0.4, 0.5) is 5.69 Å². The molecule has 0 heterocycles. The van der Waals surface area contributed by atoms with Crippen LogP contribution in [0.5, 0.6) is 5.75 Å². The van der Waals surface area contributed by atoms with Gasteiger partial charge in [-0.05, 0) is 41.5 Å². The number of hydrogen-bond donors (Lipinski definition) is 2. The minimum Gasteiger partial charge on any atom is -0.497 e. The van der Waals surface area contributed by atoms with Crippen LogP contribution in [0.2, 0.25) is 0 Å². The zero-order valence-electron chi connectivity index (χ0n) is 15.3. The molecule has 0 spiro atoms. The van der Waals surface area contributed by atoms with Crippen LogP contribution in [-0.2, 0) is 0 Å². The molecule has 1 unspecified atom stereocenters. The van der Waals surface area contributed by atoms with Crippen molar-refractivity contribution in [3.05, 3.63) is 81.9 Å². The van der Waals surface area contributed by atoms with Crippen molar-refractivity contribution in [2.45, 2.75) is 12.5 Å². The van der Waals surface area contributed by atoms with E-state index >= 15 is 0 Å². The van der Waals surface area contributed by atoms with Gasteiger partial charge in [-0.2, -0.15) is 0 Å². The summed E-state index contributed by atoms with van der Waals surface area (Å²) in [6.45, 7) is 0.168. The lowest BCUT2D eigenvalue weighted by Gasteiger charge is -2.13. The van der Waals surface area contributed by atoms with E-state index in [9.17, 15) is 20.0 Å². The monoisotopic (exact) mass is 380 g/mol. The first kappa shape index (κ1) is 19.3. The normalized spacial score (nSPS) is 11.8. The Bertz CT molecular complexity index is 1020. The van der Waals surface area contributed by atoms with E-state index in [0.29, 0.717) is 11.3 Å². The van der Waals surface area contributed by atoms with E-state index in [-0.39, 0.29) is 30.1 Å². The molecular formula is C21H20N2O5. The molecule has 3 aromatic rings. The Morgan fingerprint density at radius 1 is 1.14 bits per heavy atom. The third kappa shape index (κ3) is 4.27. The van der Waals surface area contributed by atoms with Gasteiger partial charge in [0.15, 0.2) is 0 Å². The third-order valence-corrected chi connectivity index (χ3v) is 4.51. The lowest BCUT2D eigenvalue weighted by Crippen LogP contribution is -2.25. The summed E-state index contributed by atoms with van der Waals surface area (Å²) in [6, 6.07) is 17.3. The SMILES string of the molecule is COc1ccc([N+](=O)[O-])c(C(O)CCNC(=O)c2ccc3ccccc3c2)c1. The Morgan fingerprint density at radius 2 is 1.89 bits per heavy atom. The maximum atomic E-state index is 12.4. The number of carbonyl (C=O) groups excluding carboxylic acids is 1. The first-order chi connectivity index (χ1) is 13.5. The molecule has 0 fully saturated rings. The molecule has 2 N–H and O–H groups in total. The van der Waals surface area contributed by atoms with E-state index in [2.05, 4.69) is 5.32 Å². The molecule has 0 saturated carbocycles. The predicted octanol–water partition coefficient (Wildman–Crippen LogP) is 3.61. The molecule has 28 heavy (non-hydrogen) atoms. The van der Waals surface area contributed by atoms with Crippen LogP contribution < -0.4 is 10.1 Å². The summed E-state index contributed by atoms with van der Waals surface area (Å²) >= 11 is 0. The van der Waals surface area contributed by atoms with Gasteiger partial charge in [0.2, 0.25) is 0 Å². The highest BCUT2D eigenvalue weighted by molar-refractivity contribution is 5.98. The number of nitrogens with zero attached hydrogens (tertiary/aromatic N) is 1. The van der Waals surface area contributed by atoms with Crippen molar-refractivity contribution >= 4 is 22.4 Å². The molecular weight excluding hydrogens is 360 g/mol. The van der Waals surface area contributed by atoms with Gasteiger partial charge in [0.05, 0.1) is 23.7 Å².